The smallest absolute Gasteiger partial charge is 0.172 e. The number of nitrogens with one attached hydrogen (secondary N) is 1. The van der Waals surface area contributed by atoms with Gasteiger partial charge >= 0.3 is 0 Å². The number of hydrogen-bond donors (Lipinski definition) is 2. The first-order valence-electron chi connectivity index (χ1n) is 6.06. The van der Waals surface area contributed by atoms with Gasteiger partial charge in [-0.25, -0.2) is 0 Å². The minimum absolute atomic E-state index is 0.120. The standard InChI is InChI=1S/C15H15Br2NO2/c1-9-3-4-11(16)7-13(9)18-8-10-5-12(17)15(19)14(6-10)20-2/h3-7,18-19H,8H2,1-2H3. The number of benzene rings is 2. The van der Waals surface area contributed by atoms with Gasteiger partial charge < -0.3 is 15.2 Å². The summed E-state index contributed by atoms with van der Waals surface area (Å²) >= 11 is 6.79. The topological polar surface area (TPSA) is 41.5 Å². The third-order valence-electron chi connectivity index (χ3n) is 2.99. The van der Waals surface area contributed by atoms with Gasteiger partial charge in [-0.1, -0.05) is 22.0 Å². The van der Waals surface area contributed by atoms with Crippen LogP contribution < -0.4 is 10.1 Å². The zero-order chi connectivity index (χ0) is 14.7. The molecule has 5 heteroatoms. The second-order valence-electron chi connectivity index (χ2n) is 4.44. The molecule has 0 fully saturated rings. The van der Waals surface area contributed by atoms with Gasteiger partial charge in [-0.15, -0.1) is 0 Å². The zero-order valence-electron chi connectivity index (χ0n) is 11.2. The van der Waals surface area contributed by atoms with Gasteiger partial charge in [0, 0.05) is 16.7 Å². The molecule has 0 aliphatic rings. The highest BCUT2D eigenvalue weighted by Crippen LogP contribution is 2.35. The second kappa shape index (κ2) is 6.50. The van der Waals surface area contributed by atoms with Gasteiger partial charge in [-0.3, -0.25) is 0 Å². The van der Waals surface area contributed by atoms with Crippen LogP contribution in [0, 0.1) is 6.92 Å². The molecule has 2 rings (SSSR count). The number of ether oxygens (including phenoxy) is 1. The van der Waals surface area contributed by atoms with Crippen molar-refractivity contribution in [2.45, 2.75) is 13.5 Å². The largest absolute Gasteiger partial charge is 0.503 e. The van der Waals surface area contributed by atoms with Crippen LogP contribution in [0.1, 0.15) is 11.1 Å². The van der Waals surface area contributed by atoms with Crippen molar-refractivity contribution < 1.29 is 9.84 Å². The first-order valence-corrected chi connectivity index (χ1v) is 7.65. The Balaban J connectivity index is 2.19. The summed E-state index contributed by atoms with van der Waals surface area (Å²) in [7, 11) is 1.54. The number of methoxy groups -OCH3 is 1. The molecule has 0 spiro atoms. The Hall–Kier alpha value is -1.20. The van der Waals surface area contributed by atoms with Gasteiger partial charge in [0.2, 0.25) is 0 Å². The van der Waals surface area contributed by atoms with Crippen LogP contribution in [0.3, 0.4) is 0 Å². The third kappa shape index (κ3) is 3.46. The molecule has 0 saturated heterocycles. The molecular formula is C15H15Br2NO2. The fraction of sp³-hybridized carbons (Fsp3) is 0.200. The number of halogens is 2. The molecule has 2 aromatic rings. The Bertz CT molecular complexity index is 630. The van der Waals surface area contributed by atoms with Crippen LogP contribution in [0.5, 0.6) is 11.5 Å². The van der Waals surface area contributed by atoms with Crippen LogP contribution >= 0.6 is 31.9 Å². The Morgan fingerprint density at radius 3 is 2.65 bits per heavy atom. The molecule has 0 amide bonds. The van der Waals surface area contributed by atoms with E-state index in [0.29, 0.717) is 16.8 Å². The number of phenols is 1. The van der Waals surface area contributed by atoms with Crippen LogP contribution in [0.15, 0.2) is 39.3 Å². The lowest BCUT2D eigenvalue weighted by Crippen LogP contribution is -2.01. The van der Waals surface area contributed by atoms with Crippen molar-refractivity contribution in [3.8, 4) is 11.5 Å². The normalized spacial score (nSPS) is 10.4. The first kappa shape index (κ1) is 15.2. The van der Waals surface area contributed by atoms with E-state index in [2.05, 4.69) is 50.2 Å². The lowest BCUT2D eigenvalue weighted by molar-refractivity contribution is 0.371. The molecule has 0 saturated carbocycles. The van der Waals surface area contributed by atoms with E-state index in [0.717, 1.165) is 15.7 Å². The minimum Gasteiger partial charge on any atom is -0.503 e. The molecule has 0 radical (unpaired) electrons. The molecule has 2 N–H and O–H groups in total. The fourth-order valence-electron chi connectivity index (χ4n) is 1.87. The van der Waals surface area contributed by atoms with Crippen LogP contribution in [0.2, 0.25) is 0 Å². The van der Waals surface area contributed by atoms with Crippen LogP contribution in [0.25, 0.3) is 0 Å². The maximum atomic E-state index is 9.79. The quantitative estimate of drug-likeness (QED) is 0.770. The van der Waals surface area contributed by atoms with Crippen molar-refractivity contribution in [3.63, 3.8) is 0 Å². The van der Waals surface area contributed by atoms with E-state index in [1.54, 1.807) is 0 Å². The highest BCUT2D eigenvalue weighted by atomic mass is 79.9. The molecule has 106 valence electrons. The van der Waals surface area contributed by atoms with Crippen molar-refractivity contribution in [2.24, 2.45) is 0 Å². The Morgan fingerprint density at radius 2 is 1.95 bits per heavy atom. The lowest BCUT2D eigenvalue weighted by Gasteiger charge is -2.12. The number of anilines is 1. The molecule has 2 aromatic carbocycles. The predicted molar refractivity (Wildman–Crippen MR) is 88.6 cm³/mol. The van der Waals surface area contributed by atoms with E-state index in [4.69, 9.17) is 4.74 Å². The molecule has 0 aromatic heterocycles. The lowest BCUT2D eigenvalue weighted by atomic mass is 10.1. The number of phenolic OH excluding ortho intramolecular Hbond substituents is 1. The number of rotatable bonds is 4. The average Bonchev–Trinajstić information content (AvgIpc) is 2.43. The van der Waals surface area contributed by atoms with Gasteiger partial charge in [0.1, 0.15) is 0 Å². The summed E-state index contributed by atoms with van der Waals surface area (Å²) in [6, 6.07) is 9.81. The van der Waals surface area contributed by atoms with E-state index >= 15 is 0 Å². The Kier molecular flexibility index (Phi) is 4.94. The Labute approximate surface area is 135 Å². The SMILES string of the molecule is COc1cc(CNc2cc(Br)ccc2C)cc(Br)c1O. The maximum Gasteiger partial charge on any atom is 0.172 e. The van der Waals surface area contributed by atoms with E-state index in [1.807, 2.05) is 24.3 Å². The zero-order valence-corrected chi connectivity index (χ0v) is 14.4. The summed E-state index contributed by atoms with van der Waals surface area (Å²) < 4.78 is 6.81. The van der Waals surface area contributed by atoms with E-state index in [9.17, 15) is 5.11 Å². The molecule has 0 aliphatic heterocycles. The summed E-state index contributed by atoms with van der Waals surface area (Å²) in [6.07, 6.45) is 0. The molecule has 0 unspecified atom stereocenters. The second-order valence-corrected chi connectivity index (χ2v) is 6.21. The summed E-state index contributed by atoms with van der Waals surface area (Å²) in [6.45, 7) is 2.70. The van der Waals surface area contributed by atoms with Crippen molar-refractivity contribution in [1.29, 1.82) is 0 Å². The van der Waals surface area contributed by atoms with E-state index in [-0.39, 0.29) is 5.75 Å². The summed E-state index contributed by atoms with van der Waals surface area (Å²) in [5.74, 6) is 0.581. The molecule has 20 heavy (non-hydrogen) atoms. The van der Waals surface area contributed by atoms with Crippen LogP contribution in [-0.2, 0) is 6.54 Å². The molecular weight excluding hydrogens is 386 g/mol. The fourth-order valence-corrected chi connectivity index (χ4v) is 2.72. The molecule has 0 heterocycles. The number of aryl methyl sites for hydroxylation is 1. The van der Waals surface area contributed by atoms with E-state index < -0.39 is 0 Å². The Morgan fingerprint density at radius 1 is 1.20 bits per heavy atom. The highest BCUT2D eigenvalue weighted by molar-refractivity contribution is 9.10. The van der Waals surface area contributed by atoms with Gasteiger partial charge in [0.05, 0.1) is 11.6 Å². The highest BCUT2D eigenvalue weighted by Gasteiger charge is 2.08. The van der Waals surface area contributed by atoms with Gasteiger partial charge in [-0.2, -0.15) is 0 Å². The number of aromatic hydroxyl groups is 1. The first-order chi connectivity index (χ1) is 9.51. The van der Waals surface area contributed by atoms with Crippen molar-refractivity contribution in [1.82, 2.24) is 0 Å². The predicted octanol–water partition coefficient (Wildman–Crippen LogP) is 4.85. The van der Waals surface area contributed by atoms with Gasteiger partial charge in [-0.05, 0) is 58.2 Å². The van der Waals surface area contributed by atoms with Crippen LogP contribution in [0.4, 0.5) is 5.69 Å². The van der Waals surface area contributed by atoms with E-state index in [1.165, 1.54) is 12.7 Å². The monoisotopic (exact) mass is 399 g/mol. The minimum atomic E-state index is 0.120. The molecule has 0 aliphatic carbocycles. The molecule has 0 bridgehead atoms. The molecule has 0 atom stereocenters. The summed E-state index contributed by atoms with van der Waals surface area (Å²) in [5.41, 5.74) is 3.27. The van der Waals surface area contributed by atoms with Gasteiger partial charge in [0.15, 0.2) is 11.5 Å². The third-order valence-corrected chi connectivity index (χ3v) is 4.09. The maximum absolute atomic E-state index is 9.79. The van der Waals surface area contributed by atoms with Crippen LogP contribution in [-0.4, -0.2) is 12.2 Å². The summed E-state index contributed by atoms with van der Waals surface area (Å²) in [4.78, 5) is 0. The van der Waals surface area contributed by atoms with Crippen molar-refractivity contribution in [2.75, 3.05) is 12.4 Å². The van der Waals surface area contributed by atoms with Crippen molar-refractivity contribution >= 4 is 37.5 Å². The van der Waals surface area contributed by atoms with Gasteiger partial charge in [0.25, 0.3) is 0 Å². The molecule has 3 nitrogen and oxygen atoms in total. The average molecular weight is 401 g/mol. The van der Waals surface area contributed by atoms with Crippen molar-refractivity contribution in [3.05, 3.63) is 50.4 Å². The summed E-state index contributed by atoms with van der Waals surface area (Å²) in [5, 5.41) is 13.2. The number of hydrogen-bond acceptors (Lipinski definition) is 3.